The molecule has 4 heterocycles. The molecule has 3 aromatic rings. The Balaban J connectivity index is 1.43. The number of hydrogen-bond donors (Lipinski definition) is 1. The van der Waals surface area contributed by atoms with Crippen molar-refractivity contribution in [3.8, 4) is 0 Å². The maximum Gasteiger partial charge on any atom is 0.259 e. The van der Waals surface area contributed by atoms with Gasteiger partial charge in [0, 0.05) is 51.6 Å². The molecule has 1 N–H and O–H groups in total. The lowest BCUT2D eigenvalue weighted by Gasteiger charge is -2.33. The molecule has 0 radical (unpaired) electrons. The minimum atomic E-state index is -0.0481. The van der Waals surface area contributed by atoms with Crippen molar-refractivity contribution in [2.75, 3.05) is 42.3 Å². The van der Waals surface area contributed by atoms with Gasteiger partial charge in [-0.25, -0.2) is 15.0 Å². The second kappa shape index (κ2) is 7.22. The van der Waals surface area contributed by atoms with Gasteiger partial charge >= 0.3 is 0 Å². The number of hydrogen-bond acceptors (Lipinski definition) is 7. The molecular weight excluding hydrogens is 342 g/mol. The summed E-state index contributed by atoms with van der Waals surface area (Å²) in [6, 6.07) is 9.50. The van der Waals surface area contributed by atoms with Crippen molar-refractivity contribution in [1.82, 2.24) is 19.4 Å². The number of aromatic nitrogens is 4. The van der Waals surface area contributed by atoms with Crippen LogP contribution in [0.5, 0.6) is 0 Å². The van der Waals surface area contributed by atoms with E-state index in [9.17, 15) is 4.79 Å². The monoisotopic (exact) mass is 365 g/mol. The molecule has 8 heteroatoms. The summed E-state index contributed by atoms with van der Waals surface area (Å²) in [6.07, 6.45) is 5.24. The number of rotatable bonds is 4. The van der Waals surface area contributed by atoms with Crippen molar-refractivity contribution < 1.29 is 0 Å². The van der Waals surface area contributed by atoms with Crippen LogP contribution in [0.15, 0.2) is 47.7 Å². The lowest BCUT2D eigenvalue weighted by atomic mass is 10.1. The second-order valence-electron chi connectivity index (χ2n) is 6.94. The lowest BCUT2D eigenvalue weighted by molar-refractivity contribution is 0.522. The number of nitrogens with one attached hydrogen (secondary N) is 1. The zero-order valence-electron chi connectivity index (χ0n) is 15.5. The Morgan fingerprint density at radius 1 is 1.15 bits per heavy atom. The van der Waals surface area contributed by atoms with Gasteiger partial charge < -0.3 is 15.1 Å². The highest BCUT2D eigenvalue weighted by Crippen LogP contribution is 2.20. The first-order chi connectivity index (χ1) is 13.1. The molecule has 0 bridgehead atoms. The van der Waals surface area contributed by atoms with Crippen LogP contribution >= 0.6 is 0 Å². The molecule has 1 saturated heterocycles. The van der Waals surface area contributed by atoms with Gasteiger partial charge in [0.05, 0.1) is 0 Å². The van der Waals surface area contributed by atoms with Gasteiger partial charge in [-0.3, -0.25) is 9.20 Å². The van der Waals surface area contributed by atoms with Crippen molar-refractivity contribution in [2.24, 2.45) is 0 Å². The Kier molecular flexibility index (Phi) is 4.62. The first-order valence-corrected chi connectivity index (χ1v) is 9.09. The number of piperidine rings is 1. The summed E-state index contributed by atoms with van der Waals surface area (Å²) in [4.78, 5) is 29.6. The van der Waals surface area contributed by atoms with Gasteiger partial charge in [0.1, 0.15) is 29.4 Å². The van der Waals surface area contributed by atoms with Gasteiger partial charge in [0.15, 0.2) is 0 Å². The molecule has 0 saturated carbocycles. The van der Waals surface area contributed by atoms with Crippen LogP contribution in [0.1, 0.15) is 12.8 Å². The predicted octanol–water partition coefficient (Wildman–Crippen LogP) is 1.63. The van der Waals surface area contributed by atoms with Crippen LogP contribution in [0, 0.1) is 0 Å². The zero-order chi connectivity index (χ0) is 18.8. The highest BCUT2D eigenvalue weighted by molar-refractivity contribution is 5.50. The van der Waals surface area contributed by atoms with Gasteiger partial charge in [-0.2, -0.15) is 0 Å². The van der Waals surface area contributed by atoms with E-state index in [4.69, 9.17) is 0 Å². The largest absolute Gasteiger partial charge is 0.367 e. The number of pyridine rings is 1. The fraction of sp³-hybridized carbons (Fsp3) is 0.368. The molecule has 0 aliphatic carbocycles. The van der Waals surface area contributed by atoms with Crippen LogP contribution < -0.4 is 20.7 Å². The molecule has 0 spiro atoms. The van der Waals surface area contributed by atoms with Crippen molar-refractivity contribution >= 4 is 23.1 Å². The summed E-state index contributed by atoms with van der Waals surface area (Å²) in [5, 5.41) is 3.50. The molecule has 4 rings (SSSR count). The van der Waals surface area contributed by atoms with Crippen molar-refractivity contribution in [1.29, 1.82) is 0 Å². The Labute approximate surface area is 157 Å². The van der Waals surface area contributed by atoms with Gasteiger partial charge in [0.2, 0.25) is 0 Å². The Morgan fingerprint density at radius 2 is 1.96 bits per heavy atom. The Hall–Kier alpha value is -3.16. The average Bonchev–Trinajstić information content (AvgIpc) is 2.69. The molecule has 0 aromatic carbocycles. The van der Waals surface area contributed by atoms with Crippen LogP contribution in [-0.4, -0.2) is 52.6 Å². The van der Waals surface area contributed by atoms with E-state index in [2.05, 4.69) is 25.2 Å². The van der Waals surface area contributed by atoms with Crippen LogP contribution in [0.2, 0.25) is 0 Å². The van der Waals surface area contributed by atoms with E-state index in [1.165, 1.54) is 0 Å². The first kappa shape index (κ1) is 17.3. The van der Waals surface area contributed by atoms with Crippen molar-refractivity contribution in [3.63, 3.8) is 0 Å². The van der Waals surface area contributed by atoms with E-state index in [-0.39, 0.29) is 5.56 Å². The van der Waals surface area contributed by atoms with E-state index in [0.29, 0.717) is 11.7 Å². The van der Waals surface area contributed by atoms with Crippen LogP contribution in [-0.2, 0) is 0 Å². The van der Waals surface area contributed by atoms with Crippen LogP contribution in [0.25, 0.3) is 5.65 Å². The summed E-state index contributed by atoms with van der Waals surface area (Å²) >= 11 is 0. The smallest absolute Gasteiger partial charge is 0.259 e. The highest BCUT2D eigenvalue weighted by atomic mass is 16.1. The summed E-state index contributed by atoms with van der Waals surface area (Å²) in [6.45, 7) is 1.69. The topological polar surface area (TPSA) is 78.7 Å². The normalized spacial score (nSPS) is 15.1. The maximum atomic E-state index is 12.3. The third kappa shape index (κ3) is 3.69. The molecule has 8 nitrogen and oxygen atoms in total. The quantitative estimate of drug-likeness (QED) is 0.753. The zero-order valence-corrected chi connectivity index (χ0v) is 15.5. The van der Waals surface area contributed by atoms with Gasteiger partial charge in [-0.1, -0.05) is 6.07 Å². The molecule has 1 fully saturated rings. The summed E-state index contributed by atoms with van der Waals surface area (Å²) in [5.41, 5.74) is 0.630. The highest BCUT2D eigenvalue weighted by Gasteiger charge is 2.21. The van der Waals surface area contributed by atoms with Gasteiger partial charge in [-0.15, -0.1) is 0 Å². The van der Waals surface area contributed by atoms with E-state index in [0.717, 1.165) is 43.4 Å². The second-order valence-corrected chi connectivity index (χ2v) is 6.94. The van der Waals surface area contributed by atoms with E-state index in [1.54, 1.807) is 23.0 Å². The Morgan fingerprint density at radius 3 is 2.74 bits per heavy atom. The number of nitrogens with zero attached hydrogens (tertiary/aromatic N) is 6. The fourth-order valence-electron chi connectivity index (χ4n) is 3.34. The predicted molar refractivity (Wildman–Crippen MR) is 107 cm³/mol. The van der Waals surface area contributed by atoms with E-state index >= 15 is 0 Å². The standard InChI is InChI=1S/C19H23N7O/c1-24(2)17-11-15(20-13-21-17)22-14-6-9-25(10-7-14)18-12-19(27)26-8-4-3-5-16(26)23-18/h3-5,8,11-14H,6-7,9-10H2,1-2H3,(H,20,21,22). The molecule has 1 aliphatic heterocycles. The number of fused-ring (bicyclic) bond motifs is 1. The van der Waals surface area contributed by atoms with Gasteiger partial charge in [0.25, 0.3) is 5.56 Å². The fourth-order valence-corrected chi connectivity index (χ4v) is 3.34. The van der Waals surface area contributed by atoms with E-state index in [1.807, 2.05) is 43.3 Å². The summed E-state index contributed by atoms with van der Waals surface area (Å²) < 4.78 is 1.56. The SMILES string of the molecule is CN(C)c1cc(NC2CCN(c3cc(=O)n4ccccc4n3)CC2)ncn1. The molecule has 0 atom stereocenters. The first-order valence-electron chi connectivity index (χ1n) is 9.09. The van der Waals surface area contributed by atoms with Gasteiger partial charge in [-0.05, 0) is 25.0 Å². The van der Waals surface area contributed by atoms with E-state index < -0.39 is 0 Å². The summed E-state index contributed by atoms with van der Waals surface area (Å²) in [5.74, 6) is 2.47. The Bertz CT molecular complexity index is 993. The van der Waals surface area contributed by atoms with Crippen LogP contribution in [0.3, 0.4) is 0 Å². The molecule has 0 unspecified atom stereocenters. The molecule has 1 aliphatic rings. The maximum absolute atomic E-state index is 12.3. The molecule has 0 amide bonds. The van der Waals surface area contributed by atoms with Crippen molar-refractivity contribution in [3.05, 3.63) is 53.2 Å². The molecule has 140 valence electrons. The van der Waals surface area contributed by atoms with Crippen LogP contribution in [0.4, 0.5) is 17.5 Å². The lowest BCUT2D eigenvalue weighted by Crippen LogP contribution is -2.40. The van der Waals surface area contributed by atoms with Crippen molar-refractivity contribution in [2.45, 2.75) is 18.9 Å². The molecule has 3 aromatic heterocycles. The minimum absolute atomic E-state index is 0.0481. The summed E-state index contributed by atoms with van der Waals surface area (Å²) in [7, 11) is 3.92. The third-order valence-electron chi connectivity index (χ3n) is 4.84. The molecular formula is C19H23N7O. The number of anilines is 3. The average molecular weight is 365 g/mol. The third-order valence-corrected chi connectivity index (χ3v) is 4.84. The minimum Gasteiger partial charge on any atom is -0.367 e. The molecule has 27 heavy (non-hydrogen) atoms.